The molecule has 0 spiro atoms. The SMILES string of the molecule is CCCNC(=O)C(Cc1ccccc1)N(Cc1ccccc1Cl)C(=O)CCc1cccc2ccccc12. The van der Waals surface area contributed by atoms with Gasteiger partial charge in [-0.15, -0.1) is 0 Å². The summed E-state index contributed by atoms with van der Waals surface area (Å²) in [6, 6.07) is 31.1. The van der Waals surface area contributed by atoms with Crippen molar-refractivity contribution in [3.05, 3.63) is 119 Å². The number of carbonyl (C=O) groups excluding carboxylic acids is 2. The molecule has 1 unspecified atom stereocenters. The van der Waals surface area contributed by atoms with Crippen molar-refractivity contribution in [2.24, 2.45) is 0 Å². The van der Waals surface area contributed by atoms with E-state index in [1.54, 1.807) is 4.90 Å². The number of aryl methyl sites for hydroxylation is 1. The van der Waals surface area contributed by atoms with Crippen molar-refractivity contribution in [1.29, 1.82) is 0 Å². The Balaban J connectivity index is 1.64. The summed E-state index contributed by atoms with van der Waals surface area (Å²) in [4.78, 5) is 29.0. The minimum atomic E-state index is -0.648. The molecule has 1 atom stereocenters. The van der Waals surface area contributed by atoms with Gasteiger partial charge in [-0.3, -0.25) is 9.59 Å². The quantitative estimate of drug-likeness (QED) is 0.246. The van der Waals surface area contributed by atoms with E-state index in [1.807, 2.05) is 79.7 Å². The molecule has 0 aliphatic carbocycles. The van der Waals surface area contributed by atoms with Crippen molar-refractivity contribution in [3.8, 4) is 0 Å². The van der Waals surface area contributed by atoms with Crippen LogP contribution in [0, 0.1) is 0 Å². The molecule has 0 aliphatic heterocycles. The van der Waals surface area contributed by atoms with E-state index >= 15 is 0 Å². The Morgan fingerprint density at radius 2 is 1.51 bits per heavy atom. The Morgan fingerprint density at radius 1 is 0.838 bits per heavy atom. The molecule has 37 heavy (non-hydrogen) atoms. The van der Waals surface area contributed by atoms with Crippen molar-refractivity contribution in [2.75, 3.05) is 6.54 Å². The number of fused-ring (bicyclic) bond motifs is 1. The lowest BCUT2D eigenvalue weighted by atomic mass is 9.99. The highest BCUT2D eigenvalue weighted by Crippen LogP contribution is 2.23. The number of halogens is 1. The summed E-state index contributed by atoms with van der Waals surface area (Å²) in [6.07, 6.45) is 2.14. The van der Waals surface area contributed by atoms with Gasteiger partial charge >= 0.3 is 0 Å². The predicted molar refractivity (Wildman–Crippen MR) is 152 cm³/mol. The maximum Gasteiger partial charge on any atom is 0.243 e. The van der Waals surface area contributed by atoms with Crippen LogP contribution in [0.25, 0.3) is 10.8 Å². The topological polar surface area (TPSA) is 49.4 Å². The summed E-state index contributed by atoms with van der Waals surface area (Å²) in [5, 5.41) is 5.91. The van der Waals surface area contributed by atoms with E-state index in [0.717, 1.165) is 33.9 Å². The lowest BCUT2D eigenvalue weighted by molar-refractivity contribution is -0.141. The number of hydrogen-bond donors (Lipinski definition) is 1. The van der Waals surface area contributed by atoms with Gasteiger partial charge in [0.25, 0.3) is 0 Å². The Hall–Kier alpha value is -3.63. The van der Waals surface area contributed by atoms with Crippen molar-refractivity contribution in [2.45, 2.75) is 45.2 Å². The highest BCUT2D eigenvalue weighted by Gasteiger charge is 2.30. The van der Waals surface area contributed by atoms with Crippen LogP contribution < -0.4 is 5.32 Å². The fraction of sp³-hybridized carbons (Fsp3) is 0.250. The number of nitrogens with one attached hydrogen (secondary N) is 1. The molecule has 5 heteroatoms. The van der Waals surface area contributed by atoms with Crippen molar-refractivity contribution < 1.29 is 9.59 Å². The van der Waals surface area contributed by atoms with E-state index in [-0.39, 0.29) is 18.4 Å². The fourth-order valence-corrected chi connectivity index (χ4v) is 4.82. The van der Waals surface area contributed by atoms with Gasteiger partial charge in [-0.1, -0.05) is 110 Å². The summed E-state index contributed by atoms with van der Waals surface area (Å²) in [5.74, 6) is -0.211. The third-order valence-corrected chi connectivity index (χ3v) is 6.98. The molecule has 0 heterocycles. The lowest BCUT2D eigenvalue weighted by Gasteiger charge is -2.32. The molecular weight excluding hydrogens is 480 g/mol. The lowest BCUT2D eigenvalue weighted by Crippen LogP contribution is -2.50. The second-order valence-corrected chi connectivity index (χ2v) is 9.66. The highest BCUT2D eigenvalue weighted by atomic mass is 35.5. The first-order valence-electron chi connectivity index (χ1n) is 12.9. The number of nitrogens with zero attached hydrogens (tertiary/aromatic N) is 1. The van der Waals surface area contributed by atoms with Crippen molar-refractivity contribution in [1.82, 2.24) is 10.2 Å². The van der Waals surface area contributed by atoms with Crippen LogP contribution in [0.15, 0.2) is 97.1 Å². The molecule has 4 nitrogen and oxygen atoms in total. The van der Waals surface area contributed by atoms with Crippen LogP contribution in [-0.4, -0.2) is 29.3 Å². The average Bonchev–Trinajstić information content (AvgIpc) is 2.93. The molecule has 2 amide bonds. The molecule has 0 fully saturated rings. The Bertz CT molecular complexity index is 1330. The first-order chi connectivity index (χ1) is 18.1. The van der Waals surface area contributed by atoms with E-state index in [0.29, 0.717) is 30.8 Å². The zero-order valence-electron chi connectivity index (χ0n) is 21.2. The molecule has 4 aromatic rings. The fourth-order valence-electron chi connectivity index (χ4n) is 4.63. The van der Waals surface area contributed by atoms with E-state index in [4.69, 9.17) is 11.6 Å². The van der Waals surface area contributed by atoms with Gasteiger partial charge in [-0.2, -0.15) is 0 Å². The molecule has 0 aromatic heterocycles. The van der Waals surface area contributed by atoms with Gasteiger partial charge < -0.3 is 10.2 Å². The molecule has 4 rings (SSSR count). The largest absolute Gasteiger partial charge is 0.354 e. The standard InChI is InChI=1S/C32H33ClN2O2/c1-2-21-34-32(37)30(22-24-11-4-3-5-12-24)35(23-27-14-7-9-18-29(27)33)31(36)20-19-26-16-10-15-25-13-6-8-17-28(25)26/h3-18,30H,2,19-23H2,1H3,(H,34,37). The van der Waals surface area contributed by atoms with Gasteiger partial charge in [0.15, 0.2) is 0 Å². The summed E-state index contributed by atoms with van der Waals surface area (Å²) in [5.41, 5.74) is 2.95. The number of carbonyl (C=O) groups is 2. The highest BCUT2D eigenvalue weighted by molar-refractivity contribution is 6.31. The minimum absolute atomic E-state index is 0.0690. The molecule has 0 aliphatic rings. The van der Waals surface area contributed by atoms with Crippen LogP contribution in [0.2, 0.25) is 5.02 Å². The smallest absolute Gasteiger partial charge is 0.243 e. The maximum atomic E-state index is 13.9. The van der Waals surface area contributed by atoms with Crippen LogP contribution in [0.5, 0.6) is 0 Å². The van der Waals surface area contributed by atoms with Gasteiger partial charge in [-0.05, 0) is 46.4 Å². The monoisotopic (exact) mass is 512 g/mol. The van der Waals surface area contributed by atoms with E-state index in [2.05, 4.69) is 29.6 Å². The number of rotatable bonds is 11. The first kappa shape index (κ1) is 26.4. The second kappa shape index (κ2) is 13.1. The summed E-state index contributed by atoms with van der Waals surface area (Å²) >= 11 is 6.50. The van der Waals surface area contributed by atoms with Gasteiger partial charge in [0.2, 0.25) is 11.8 Å². The molecule has 0 saturated heterocycles. The Kier molecular flexibility index (Phi) is 9.34. The first-order valence-corrected chi connectivity index (χ1v) is 13.3. The van der Waals surface area contributed by atoms with Crippen LogP contribution in [0.3, 0.4) is 0 Å². The number of benzene rings is 4. The second-order valence-electron chi connectivity index (χ2n) is 9.25. The van der Waals surface area contributed by atoms with Crippen LogP contribution in [0.1, 0.15) is 36.5 Å². The number of hydrogen-bond acceptors (Lipinski definition) is 2. The summed E-state index contributed by atoms with van der Waals surface area (Å²) in [7, 11) is 0. The van der Waals surface area contributed by atoms with Gasteiger partial charge in [-0.25, -0.2) is 0 Å². The molecule has 0 saturated carbocycles. The molecule has 0 radical (unpaired) electrons. The maximum absolute atomic E-state index is 13.9. The third-order valence-electron chi connectivity index (χ3n) is 6.61. The average molecular weight is 513 g/mol. The minimum Gasteiger partial charge on any atom is -0.354 e. The molecular formula is C32H33ClN2O2. The summed E-state index contributed by atoms with van der Waals surface area (Å²) in [6.45, 7) is 2.85. The van der Waals surface area contributed by atoms with Gasteiger partial charge in [0.05, 0.1) is 0 Å². The summed E-state index contributed by atoms with van der Waals surface area (Å²) < 4.78 is 0. The zero-order chi connectivity index (χ0) is 26.0. The van der Waals surface area contributed by atoms with Crippen LogP contribution >= 0.6 is 11.6 Å². The molecule has 190 valence electrons. The van der Waals surface area contributed by atoms with Crippen molar-refractivity contribution >= 4 is 34.2 Å². The molecule has 0 bridgehead atoms. The number of amides is 2. The molecule has 4 aromatic carbocycles. The van der Waals surface area contributed by atoms with Crippen molar-refractivity contribution in [3.63, 3.8) is 0 Å². The Labute approximate surface area is 224 Å². The Morgan fingerprint density at radius 3 is 2.30 bits per heavy atom. The van der Waals surface area contributed by atoms with Crippen LogP contribution in [-0.2, 0) is 29.0 Å². The normalized spacial score (nSPS) is 11.7. The molecule has 1 N–H and O–H groups in total. The predicted octanol–water partition coefficient (Wildman–Crippen LogP) is 6.59. The van der Waals surface area contributed by atoms with Crippen LogP contribution in [0.4, 0.5) is 0 Å². The third kappa shape index (κ3) is 6.99. The van der Waals surface area contributed by atoms with Gasteiger partial charge in [0, 0.05) is 31.0 Å². The van der Waals surface area contributed by atoms with Gasteiger partial charge in [0.1, 0.15) is 6.04 Å². The van der Waals surface area contributed by atoms with E-state index in [1.165, 1.54) is 0 Å². The van der Waals surface area contributed by atoms with E-state index in [9.17, 15) is 9.59 Å². The zero-order valence-corrected chi connectivity index (χ0v) is 22.0. The van der Waals surface area contributed by atoms with E-state index < -0.39 is 6.04 Å².